The van der Waals surface area contributed by atoms with Crippen molar-refractivity contribution in [2.24, 2.45) is 0 Å². The van der Waals surface area contributed by atoms with E-state index in [-0.39, 0.29) is 24.3 Å². The van der Waals surface area contributed by atoms with Gasteiger partial charge in [-0.25, -0.2) is 0 Å². The third kappa shape index (κ3) is 3.84. The van der Waals surface area contributed by atoms with E-state index in [1.165, 1.54) is 7.11 Å². The van der Waals surface area contributed by atoms with Crippen LogP contribution in [0.4, 0.5) is 0 Å². The average molecular weight is 320 g/mol. The van der Waals surface area contributed by atoms with Gasteiger partial charge in [0, 0.05) is 5.56 Å². The summed E-state index contributed by atoms with van der Waals surface area (Å²) >= 11 is 0. The molecule has 1 unspecified atom stereocenters. The number of esters is 2. The Bertz CT molecular complexity index is 579. The van der Waals surface area contributed by atoms with Gasteiger partial charge >= 0.3 is 11.9 Å². The monoisotopic (exact) mass is 320 g/mol. The summed E-state index contributed by atoms with van der Waals surface area (Å²) in [6.45, 7) is 5.04. The fourth-order valence-electron chi connectivity index (χ4n) is 2.94. The molecule has 0 N–H and O–H groups in total. The normalized spacial score (nSPS) is 17.0. The first-order valence-corrected chi connectivity index (χ1v) is 8.13. The van der Waals surface area contributed by atoms with Crippen molar-refractivity contribution in [1.29, 1.82) is 0 Å². The Balaban J connectivity index is 2.52. The van der Waals surface area contributed by atoms with Crippen LogP contribution in [0.1, 0.15) is 49.3 Å². The number of hydrogen-bond acceptors (Lipinski definition) is 5. The van der Waals surface area contributed by atoms with E-state index in [4.69, 9.17) is 14.2 Å². The number of aryl methyl sites for hydroxylation is 1. The van der Waals surface area contributed by atoms with Crippen LogP contribution in [-0.4, -0.2) is 32.3 Å². The summed E-state index contributed by atoms with van der Waals surface area (Å²) in [6.07, 6.45) is 2.38. The van der Waals surface area contributed by atoms with E-state index in [1.807, 2.05) is 26.0 Å². The third-order valence-corrected chi connectivity index (χ3v) is 4.08. The molecule has 1 heterocycles. The van der Waals surface area contributed by atoms with E-state index >= 15 is 0 Å². The minimum Gasteiger partial charge on any atom is -0.493 e. The van der Waals surface area contributed by atoms with Gasteiger partial charge in [0.05, 0.1) is 32.7 Å². The van der Waals surface area contributed by atoms with Crippen LogP contribution < -0.4 is 4.74 Å². The summed E-state index contributed by atoms with van der Waals surface area (Å²) < 4.78 is 15.8. The number of benzene rings is 1. The van der Waals surface area contributed by atoms with E-state index in [1.54, 1.807) is 0 Å². The van der Waals surface area contributed by atoms with Crippen LogP contribution in [0.2, 0.25) is 0 Å². The molecule has 1 aromatic rings. The van der Waals surface area contributed by atoms with E-state index in [0.29, 0.717) is 25.4 Å². The zero-order valence-electron chi connectivity index (χ0n) is 14.0. The van der Waals surface area contributed by atoms with Crippen molar-refractivity contribution in [3.05, 3.63) is 28.8 Å². The summed E-state index contributed by atoms with van der Waals surface area (Å²) in [5, 5.41) is 0. The molecular weight excluding hydrogens is 296 g/mol. The topological polar surface area (TPSA) is 61.8 Å². The van der Waals surface area contributed by atoms with Gasteiger partial charge in [-0.05, 0) is 36.5 Å². The lowest BCUT2D eigenvalue weighted by Crippen LogP contribution is -2.16. The molecule has 1 aliphatic heterocycles. The molecular formula is C18H24O5. The van der Waals surface area contributed by atoms with Gasteiger partial charge in [0.2, 0.25) is 0 Å². The molecule has 2 rings (SSSR count). The fourth-order valence-corrected chi connectivity index (χ4v) is 2.94. The van der Waals surface area contributed by atoms with Gasteiger partial charge in [-0.3, -0.25) is 9.59 Å². The van der Waals surface area contributed by atoms with Gasteiger partial charge in [-0.2, -0.15) is 0 Å². The van der Waals surface area contributed by atoms with Crippen LogP contribution in [-0.2, 0) is 31.9 Å². The first-order chi connectivity index (χ1) is 11.1. The number of rotatable bonds is 7. The van der Waals surface area contributed by atoms with E-state index < -0.39 is 0 Å². The Labute approximate surface area is 136 Å². The molecule has 1 saturated heterocycles. The molecule has 1 aromatic carbocycles. The maximum Gasteiger partial charge on any atom is 0.313 e. The second kappa shape index (κ2) is 7.99. The highest BCUT2D eigenvalue weighted by Crippen LogP contribution is 2.37. The van der Waals surface area contributed by atoms with Crippen LogP contribution >= 0.6 is 0 Å². The Morgan fingerprint density at radius 1 is 1.35 bits per heavy atom. The van der Waals surface area contributed by atoms with E-state index in [2.05, 4.69) is 0 Å². The standard InChI is InChI=1S/C18H24O5/c1-4-9-22-15-7-6-12(5-2)17(13-8-10-23-18(13)20)14(15)11-16(19)21-3/h6-7,13H,4-5,8-11H2,1-3H3. The molecule has 1 atom stereocenters. The predicted molar refractivity (Wildman–Crippen MR) is 85.6 cm³/mol. The van der Waals surface area contributed by atoms with Crippen LogP contribution in [0.25, 0.3) is 0 Å². The van der Waals surface area contributed by atoms with Gasteiger partial charge in [0.25, 0.3) is 0 Å². The maximum absolute atomic E-state index is 12.1. The van der Waals surface area contributed by atoms with Crippen molar-refractivity contribution in [3.8, 4) is 5.75 Å². The smallest absolute Gasteiger partial charge is 0.313 e. The van der Waals surface area contributed by atoms with Crippen LogP contribution in [0.15, 0.2) is 12.1 Å². The lowest BCUT2D eigenvalue weighted by atomic mass is 9.86. The lowest BCUT2D eigenvalue weighted by molar-refractivity contribution is -0.140. The van der Waals surface area contributed by atoms with Crippen molar-refractivity contribution in [2.75, 3.05) is 20.3 Å². The third-order valence-electron chi connectivity index (χ3n) is 4.08. The Kier molecular flexibility index (Phi) is 6.02. The van der Waals surface area contributed by atoms with Crippen molar-refractivity contribution < 1.29 is 23.8 Å². The van der Waals surface area contributed by atoms with Crippen molar-refractivity contribution >= 4 is 11.9 Å². The largest absolute Gasteiger partial charge is 0.493 e. The van der Waals surface area contributed by atoms with Gasteiger partial charge in [0.1, 0.15) is 5.75 Å². The lowest BCUT2D eigenvalue weighted by Gasteiger charge is -2.20. The number of ether oxygens (including phenoxy) is 3. The molecule has 5 nitrogen and oxygen atoms in total. The van der Waals surface area contributed by atoms with Gasteiger partial charge in [-0.1, -0.05) is 19.9 Å². The Morgan fingerprint density at radius 2 is 2.13 bits per heavy atom. The number of carbonyl (C=O) groups excluding carboxylic acids is 2. The summed E-state index contributed by atoms with van der Waals surface area (Å²) in [5.41, 5.74) is 2.69. The molecule has 0 radical (unpaired) electrons. The number of hydrogen-bond donors (Lipinski definition) is 0. The molecule has 0 spiro atoms. The van der Waals surface area contributed by atoms with Gasteiger partial charge in [-0.15, -0.1) is 0 Å². The van der Waals surface area contributed by atoms with Gasteiger partial charge in [0.15, 0.2) is 0 Å². The average Bonchev–Trinajstić information content (AvgIpc) is 2.98. The summed E-state index contributed by atoms with van der Waals surface area (Å²) in [5.74, 6) is -0.232. The SMILES string of the molecule is CCCOc1ccc(CC)c(C2CCOC2=O)c1CC(=O)OC. The Morgan fingerprint density at radius 3 is 2.70 bits per heavy atom. The number of carbonyl (C=O) groups is 2. The van der Waals surface area contributed by atoms with Gasteiger partial charge < -0.3 is 14.2 Å². The van der Waals surface area contributed by atoms with Crippen molar-refractivity contribution in [2.45, 2.75) is 45.4 Å². The second-order valence-electron chi connectivity index (χ2n) is 5.58. The minimum absolute atomic E-state index is 0.0997. The summed E-state index contributed by atoms with van der Waals surface area (Å²) in [4.78, 5) is 24.0. The number of methoxy groups -OCH3 is 1. The fraction of sp³-hybridized carbons (Fsp3) is 0.556. The predicted octanol–water partition coefficient (Wildman–Crippen LogP) is 2.78. The van der Waals surface area contributed by atoms with E-state index in [9.17, 15) is 9.59 Å². The van der Waals surface area contributed by atoms with Crippen molar-refractivity contribution in [3.63, 3.8) is 0 Å². The van der Waals surface area contributed by atoms with Crippen LogP contribution in [0, 0.1) is 0 Å². The molecule has 23 heavy (non-hydrogen) atoms. The van der Waals surface area contributed by atoms with Crippen LogP contribution in [0.3, 0.4) is 0 Å². The van der Waals surface area contributed by atoms with Crippen molar-refractivity contribution in [1.82, 2.24) is 0 Å². The highest BCUT2D eigenvalue weighted by molar-refractivity contribution is 5.83. The molecule has 1 fully saturated rings. The molecule has 0 amide bonds. The zero-order valence-corrected chi connectivity index (χ0v) is 14.0. The molecule has 1 aliphatic rings. The molecule has 0 saturated carbocycles. The zero-order chi connectivity index (χ0) is 16.8. The summed E-state index contributed by atoms with van der Waals surface area (Å²) in [7, 11) is 1.36. The highest BCUT2D eigenvalue weighted by Gasteiger charge is 2.33. The first kappa shape index (κ1) is 17.3. The summed E-state index contributed by atoms with van der Waals surface area (Å²) in [6, 6.07) is 3.86. The maximum atomic E-state index is 12.1. The van der Waals surface area contributed by atoms with E-state index in [0.717, 1.165) is 29.5 Å². The number of cyclic esters (lactones) is 1. The highest BCUT2D eigenvalue weighted by atomic mass is 16.5. The molecule has 0 aromatic heterocycles. The minimum atomic E-state index is -0.341. The molecule has 5 heteroatoms. The quantitative estimate of drug-likeness (QED) is 0.723. The first-order valence-electron chi connectivity index (χ1n) is 8.13. The molecule has 0 bridgehead atoms. The molecule has 126 valence electrons. The second-order valence-corrected chi connectivity index (χ2v) is 5.58. The molecule has 0 aliphatic carbocycles. The van der Waals surface area contributed by atoms with Crippen LogP contribution in [0.5, 0.6) is 5.75 Å². The Hall–Kier alpha value is -2.04.